The molecule has 2 amide bonds. The molecule has 54 heavy (non-hydrogen) atoms. The number of morpholine rings is 1. The zero-order valence-corrected chi connectivity index (χ0v) is 30.1. The van der Waals surface area contributed by atoms with E-state index < -0.39 is 5.82 Å². The lowest BCUT2D eigenvalue weighted by molar-refractivity contribution is -0.131. The maximum Gasteiger partial charge on any atom is 0.270 e. The van der Waals surface area contributed by atoms with E-state index in [-0.39, 0.29) is 41.8 Å². The lowest BCUT2D eigenvalue weighted by atomic mass is 9.93. The van der Waals surface area contributed by atoms with Gasteiger partial charge in [-0.15, -0.1) is 5.10 Å². The van der Waals surface area contributed by atoms with E-state index in [1.165, 1.54) is 0 Å². The first-order valence-corrected chi connectivity index (χ1v) is 18.3. The second kappa shape index (κ2) is 15.3. The second-order valence-corrected chi connectivity index (χ2v) is 13.7. The molecule has 0 radical (unpaired) electrons. The standard InChI is InChI=1S/C40H42F2N8O4/c1-53-36-7-3-2-6-29(36)31-24-30(27-5-4-12-49(26-27)37(51)10-13-50-14-11-43-45-50)38(42)39-32(31)25-34(44-39)40(52)48-17-15-46(16-18-48)28-8-9-35(33(41)23-28)47-19-21-54-22-20-47/h2-3,5-9,11,14,23-25,44H,4,10,12-13,15-22,26H2,1H3. The summed E-state index contributed by atoms with van der Waals surface area (Å²) in [6.45, 7) is 5.54. The number of carbonyl (C=O) groups is 2. The highest BCUT2D eigenvalue weighted by atomic mass is 19.1. The molecule has 3 aliphatic rings. The number of aromatic amines is 1. The summed E-state index contributed by atoms with van der Waals surface area (Å²) in [7, 11) is 1.59. The Morgan fingerprint density at radius 2 is 1.70 bits per heavy atom. The predicted octanol–water partition coefficient (Wildman–Crippen LogP) is 5.22. The second-order valence-electron chi connectivity index (χ2n) is 13.7. The number of aryl methyl sites for hydroxylation is 1. The van der Waals surface area contributed by atoms with Gasteiger partial charge in [0, 0.05) is 87.2 Å². The Labute approximate surface area is 311 Å². The summed E-state index contributed by atoms with van der Waals surface area (Å²) in [5.74, 6) is -0.445. The molecule has 3 aliphatic heterocycles. The van der Waals surface area contributed by atoms with Crippen molar-refractivity contribution in [3.8, 4) is 16.9 Å². The Hall–Kier alpha value is -5.76. The molecule has 5 heterocycles. The first kappa shape index (κ1) is 35.3. The van der Waals surface area contributed by atoms with Crippen LogP contribution in [0.15, 0.2) is 73.1 Å². The third-order valence-corrected chi connectivity index (χ3v) is 10.6. The van der Waals surface area contributed by atoms with Gasteiger partial charge in [-0.25, -0.2) is 8.78 Å². The van der Waals surface area contributed by atoms with E-state index >= 15 is 8.78 Å². The molecule has 12 nitrogen and oxygen atoms in total. The number of para-hydroxylation sites is 1. The highest BCUT2D eigenvalue weighted by Gasteiger charge is 2.28. The van der Waals surface area contributed by atoms with Crippen LogP contribution in [-0.4, -0.2) is 114 Å². The minimum absolute atomic E-state index is 0.0504. The van der Waals surface area contributed by atoms with Gasteiger partial charge in [0.2, 0.25) is 5.91 Å². The summed E-state index contributed by atoms with van der Waals surface area (Å²) in [4.78, 5) is 37.9. The van der Waals surface area contributed by atoms with Gasteiger partial charge in [0.05, 0.1) is 44.3 Å². The van der Waals surface area contributed by atoms with E-state index in [0.717, 1.165) is 11.3 Å². The number of hydrogen-bond donors (Lipinski definition) is 1. The maximum atomic E-state index is 16.7. The summed E-state index contributed by atoms with van der Waals surface area (Å²) in [5.41, 5.74) is 4.33. The molecule has 3 aromatic carbocycles. The van der Waals surface area contributed by atoms with E-state index in [9.17, 15) is 9.59 Å². The predicted molar refractivity (Wildman–Crippen MR) is 202 cm³/mol. The van der Waals surface area contributed by atoms with E-state index in [0.29, 0.717) is 106 Å². The van der Waals surface area contributed by atoms with E-state index in [2.05, 4.69) is 20.2 Å². The molecule has 0 saturated carbocycles. The van der Waals surface area contributed by atoms with Crippen LogP contribution in [0, 0.1) is 11.6 Å². The number of piperazine rings is 1. The van der Waals surface area contributed by atoms with Gasteiger partial charge in [-0.05, 0) is 54.0 Å². The molecule has 280 valence electrons. The lowest BCUT2D eigenvalue weighted by Crippen LogP contribution is -2.49. The van der Waals surface area contributed by atoms with Crippen molar-refractivity contribution in [2.24, 2.45) is 0 Å². The third-order valence-electron chi connectivity index (χ3n) is 10.6. The number of hydrogen-bond acceptors (Lipinski definition) is 8. The van der Waals surface area contributed by atoms with Crippen LogP contribution >= 0.6 is 0 Å². The molecule has 0 bridgehead atoms. The van der Waals surface area contributed by atoms with Gasteiger partial charge >= 0.3 is 0 Å². The zero-order valence-electron chi connectivity index (χ0n) is 30.1. The van der Waals surface area contributed by atoms with Crippen molar-refractivity contribution >= 4 is 39.7 Å². The van der Waals surface area contributed by atoms with Crippen molar-refractivity contribution in [1.82, 2.24) is 29.8 Å². The fourth-order valence-electron chi connectivity index (χ4n) is 7.66. The molecule has 0 unspecified atom stereocenters. The van der Waals surface area contributed by atoms with Gasteiger partial charge in [-0.1, -0.05) is 29.5 Å². The van der Waals surface area contributed by atoms with Crippen LogP contribution in [0.4, 0.5) is 20.2 Å². The Morgan fingerprint density at radius 3 is 2.46 bits per heavy atom. The van der Waals surface area contributed by atoms with Crippen LogP contribution in [0.1, 0.15) is 28.9 Å². The van der Waals surface area contributed by atoms with Gasteiger partial charge in [0.15, 0.2) is 5.82 Å². The number of nitrogens with one attached hydrogen (secondary N) is 1. The fourth-order valence-corrected chi connectivity index (χ4v) is 7.66. The van der Waals surface area contributed by atoms with Gasteiger partial charge in [-0.3, -0.25) is 14.3 Å². The Bertz CT molecular complexity index is 2190. The Morgan fingerprint density at radius 1 is 0.889 bits per heavy atom. The summed E-state index contributed by atoms with van der Waals surface area (Å²) >= 11 is 0. The Balaban J connectivity index is 1.04. The van der Waals surface area contributed by atoms with E-state index in [1.54, 1.807) is 52.2 Å². The van der Waals surface area contributed by atoms with Crippen LogP contribution in [0.25, 0.3) is 27.6 Å². The number of carbonyl (C=O) groups excluding carboxylic acids is 2. The normalized spacial score (nSPS) is 16.5. The first-order valence-electron chi connectivity index (χ1n) is 18.3. The number of rotatable bonds is 9. The van der Waals surface area contributed by atoms with Crippen LogP contribution in [0.5, 0.6) is 5.75 Å². The van der Waals surface area contributed by atoms with Gasteiger partial charge in [0.1, 0.15) is 17.3 Å². The number of benzene rings is 3. The Kier molecular flexibility index (Phi) is 10.00. The third kappa shape index (κ3) is 7.00. The molecule has 2 saturated heterocycles. The van der Waals surface area contributed by atoms with Crippen molar-refractivity contribution in [2.75, 3.05) is 82.5 Å². The number of H-pyrrole nitrogens is 1. The molecule has 2 aromatic heterocycles. The molecule has 2 fully saturated rings. The smallest absolute Gasteiger partial charge is 0.270 e. The van der Waals surface area contributed by atoms with Gasteiger partial charge in [-0.2, -0.15) is 0 Å². The first-order chi connectivity index (χ1) is 26.4. The molecule has 5 aromatic rings. The van der Waals surface area contributed by atoms with E-state index in [1.807, 2.05) is 47.4 Å². The molecule has 0 spiro atoms. The molecule has 1 N–H and O–H groups in total. The summed E-state index contributed by atoms with van der Waals surface area (Å²) in [5, 5.41) is 8.29. The zero-order chi connectivity index (χ0) is 37.2. The van der Waals surface area contributed by atoms with Crippen molar-refractivity contribution < 1.29 is 27.8 Å². The number of ether oxygens (including phenoxy) is 2. The molecule has 8 rings (SSSR count). The monoisotopic (exact) mass is 736 g/mol. The topological polar surface area (TPSA) is 112 Å². The summed E-state index contributed by atoms with van der Waals surface area (Å²) in [6, 6.07) is 16.3. The van der Waals surface area contributed by atoms with Crippen molar-refractivity contribution in [3.63, 3.8) is 0 Å². The number of halogens is 2. The number of methoxy groups -OCH3 is 1. The molecule has 0 aliphatic carbocycles. The van der Waals surface area contributed by atoms with Crippen LogP contribution in [-0.2, 0) is 16.1 Å². The molecule has 0 atom stereocenters. The van der Waals surface area contributed by atoms with Gasteiger partial charge < -0.3 is 34.1 Å². The molecular formula is C40H42F2N8O4. The number of nitrogens with zero attached hydrogens (tertiary/aromatic N) is 7. The van der Waals surface area contributed by atoms with Crippen molar-refractivity contribution in [3.05, 3.63) is 96.0 Å². The highest BCUT2D eigenvalue weighted by Crippen LogP contribution is 2.40. The summed E-state index contributed by atoms with van der Waals surface area (Å²) in [6.07, 6.45) is 6.09. The number of anilines is 2. The number of aromatic nitrogens is 4. The van der Waals surface area contributed by atoms with Crippen LogP contribution in [0.2, 0.25) is 0 Å². The molecular weight excluding hydrogens is 694 g/mol. The van der Waals surface area contributed by atoms with E-state index in [4.69, 9.17) is 9.47 Å². The largest absolute Gasteiger partial charge is 0.496 e. The maximum absolute atomic E-state index is 16.7. The van der Waals surface area contributed by atoms with Crippen LogP contribution < -0.4 is 14.5 Å². The van der Waals surface area contributed by atoms with Crippen molar-refractivity contribution in [2.45, 2.75) is 19.4 Å². The molecule has 14 heteroatoms. The SMILES string of the molecule is COc1ccccc1-c1cc(C2=CCCN(C(=O)CCn3ccnn3)C2)c(F)c2[nH]c(C(=O)N3CCN(c4ccc(N5CCOCC5)c(F)c4)CC3)cc12. The average molecular weight is 737 g/mol. The summed E-state index contributed by atoms with van der Waals surface area (Å²) < 4.78 is 44.7. The van der Waals surface area contributed by atoms with Crippen molar-refractivity contribution in [1.29, 1.82) is 0 Å². The van der Waals surface area contributed by atoms with Crippen LogP contribution in [0.3, 0.4) is 0 Å². The quantitative estimate of drug-likeness (QED) is 0.220. The fraction of sp³-hybridized carbons (Fsp3) is 0.350. The minimum atomic E-state index is -0.488. The minimum Gasteiger partial charge on any atom is -0.496 e. The lowest BCUT2D eigenvalue weighted by Gasteiger charge is -2.36. The number of amides is 2. The average Bonchev–Trinajstić information content (AvgIpc) is 3.92. The van der Waals surface area contributed by atoms with Gasteiger partial charge in [0.25, 0.3) is 5.91 Å². The highest BCUT2D eigenvalue weighted by molar-refractivity contribution is 6.05. The number of fused-ring (bicyclic) bond motifs is 1.